The predicted octanol–water partition coefficient (Wildman–Crippen LogP) is 2.55. The number of piperidine rings is 1. The van der Waals surface area contributed by atoms with E-state index >= 15 is 0 Å². The van der Waals surface area contributed by atoms with E-state index in [4.69, 9.17) is 0 Å². The van der Waals surface area contributed by atoms with Crippen LogP contribution >= 0.6 is 0 Å². The SMILES string of the molecule is CCN1CCN(CC(C)CNC(=O)C2CCCN(C(=O)c3cc(C)cc(C)c3)C2)CC1. The quantitative estimate of drug-likeness (QED) is 0.725. The average molecular weight is 429 g/mol. The van der Waals surface area contributed by atoms with Gasteiger partial charge in [-0.15, -0.1) is 0 Å². The van der Waals surface area contributed by atoms with Crippen LogP contribution in [0.1, 0.15) is 48.2 Å². The number of aryl methyl sites for hydroxylation is 2. The number of rotatable bonds is 7. The van der Waals surface area contributed by atoms with E-state index in [1.807, 2.05) is 30.9 Å². The van der Waals surface area contributed by atoms with E-state index in [0.29, 0.717) is 19.0 Å². The Bertz CT molecular complexity index is 738. The molecule has 2 saturated heterocycles. The third kappa shape index (κ3) is 6.78. The highest BCUT2D eigenvalue weighted by Gasteiger charge is 2.29. The Morgan fingerprint density at radius 1 is 1.03 bits per heavy atom. The molecule has 6 heteroatoms. The van der Waals surface area contributed by atoms with Crippen LogP contribution in [0, 0.1) is 25.7 Å². The van der Waals surface area contributed by atoms with Crippen LogP contribution in [0.2, 0.25) is 0 Å². The van der Waals surface area contributed by atoms with Crippen LogP contribution in [0.4, 0.5) is 0 Å². The first-order chi connectivity index (χ1) is 14.9. The highest BCUT2D eigenvalue weighted by Crippen LogP contribution is 2.20. The number of hydrogen-bond donors (Lipinski definition) is 1. The second-order valence-electron chi connectivity index (χ2n) is 9.55. The molecule has 0 spiro atoms. The van der Waals surface area contributed by atoms with Crippen LogP contribution in [0.15, 0.2) is 18.2 Å². The van der Waals surface area contributed by atoms with Gasteiger partial charge in [-0.25, -0.2) is 0 Å². The first-order valence-corrected chi connectivity index (χ1v) is 12.0. The van der Waals surface area contributed by atoms with Gasteiger partial charge in [-0.2, -0.15) is 0 Å². The molecule has 0 radical (unpaired) electrons. The van der Waals surface area contributed by atoms with Crippen LogP contribution in [-0.2, 0) is 4.79 Å². The van der Waals surface area contributed by atoms with Crippen LogP contribution in [0.25, 0.3) is 0 Å². The topological polar surface area (TPSA) is 55.9 Å². The maximum absolute atomic E-state index is 13.0. The maximum Gasteiger partial charge on any atom is 0.253 e. The molecule has 0 aliphatic carbocycles. The number of amides is 2. The first-order valence-electron chi connectivity index (χ1n) is 12.0. The smallest absolute Gasteiger partial charge is 0.253 e. The molecule has 2 fully saturated rings. The lowest BCUT2D eigenvalue weighted by molar-refractivity contribution is -0.126. The van der Waals surface area contributed by atoms with Crippen LogP contribution in [0.5, 0.6) is 0 Å². The summed E-state index contributed by atoms with van der Waals surface area (Å²) in [6, 6.07) is 5.97. The third-order valence-electron chi connectivity index (χ3n) is 6.65. The van der Waals surface area contributed by atoms with E-state index in [1.54, 1.807) is 0 Å². The second kappa shape index (κ2) is 11.1. The lowest BCUT2D eigenvalue weighted by atomic mass is 9.95. The molecule has 2 aliphatic rings. The van der Waals surface area contributed by atoms with Gasteiger partial charge in [-0.3, -0.25) is 9.59 Å². The van der Waals surface area contributed by atoms with Gasteiger partial charge in [-0.05, 0) is 51.3 Å². The molecular weight excluding hydrogens is 388 g/mol. The number of carbonyl (C=O) groups is 2. The fourth-order valence-corrected chi connectivity index (χ4v) is 4.87. The van der Waals surface area contributed by atoms with Crippen molar-refractivity contribution in [2.45, 2.75) is 40.5 Å². The van der Waals surface area contributed by atoms with Crippen molar-refractivity contribution in [2.24, 2.45) is 11.8 Å². The van der Waals surface area contributed by atoms with Crippen molar-refractivity contribution in [2.75, 3.05) is 58.9 Å². The summed E-state index contributed by atoms with van der Waals surface area (Å²) in [5.74, 6) is 0.460. The van der Waals surface area contributed by atoms with E-state index < -0.39 is 0 Å². The largest absolute Gasteiger partial charge is 0.355 e. The number of benzene rings is 1. The normalized spacial score (nSPS) is 21.7. The monoisotopic (exact) mass is 428 g/mol. The van der Waals surface area contributed by atoms with Crippen molar-refractivity contribution in [1.82, 2.24) is 20.0 Å². The Hall–Kier alpha value is -1.92. The Morgan fingerprint density at radius 2 is 1.68 bits per heavy atom. The number of hydrogen-bond acceptors (Lipinski definition) is 4. The minimum atomic E-state index is -0.107. The van der Waals surface area contributed by atoms with Crippen molar-refractivity contribution < 1.29 is 9.59 Å². The maximum atomic E-state index is 13.0. The van der Waals surface area contributed by atoms with E-state index in [0.717, 1.165) is 75.3 Å². The van der Waals surface area contributed by atoms with Crippen LogP contribution in [-0.4, -0.2) is 85.4 Å². The molecule has 2 amide bonds. The number of likely N-dealkylation sites (N-methyl/N-ethyl adjacent to an activating group) is 1. The van der Waals surface area contributed by atoms with E-state index in [9.17, 15) is 9.59 Å². The molecule has 1 aromatic rings. The molecular formula is C25H40N4O2. The van der Waals surface area contributed by atoms with Crippen LogP contribution < -0.4 is 5.32 Å². The number of nitrogens with zero attached hydrogens (tertiary/aromatic N) is 3. The number of likely N-dealkylation sites (tertiary alicyclic amines) is 1. The van der Waals surface area contributed by atoms with E-state index in [2.05, 4.69) is 35.0 Å². The molecule has 0 bridgehead atoms. The summed E-state index contributed by atoms with van der Waals surface area (Å²) in [5.41, 5.74) is 2.93. The molecule has 3 rings (SSSR count). The van der Waals surface area contributed by atoms with Crippen molar-refractivity contribution in [3.8, 4) is 0 Å². The van der Waals surface area contributed by atoms with Gasteiger partial charge in [0.15, 0.2) is 0 Å². The lowest BCUT2D eigenvalue weighted by Crippen LogP contribution is -2.49. The molecule has 1 aromatic carbocycles. The number of carbonyl (C=O) groups excluding carboxylic acids is 2. The van der Waals surface area contributed by atoms with Crippen molar-refractivity contribution in [3.63, 3.8) is 0 Å². The second-order valence-corrected chi connectivity index (χ2v) is 9.55. The third-order valence-corrected chi connectivity index (χ3v) is 6.65. The molecule has 6 nitrogen and oxygen atoms in total. The fraction of sp³-hybridized carbons (Fsp3) is 0.680. The Labute approximate surface area is 188 Å². The summed E-state index contributed by atoms with van der Waals surface area (Å²) < 4.78 is 0. The molecule has 0 saturated carbocycles. The molecule has 1 N–H and O–H groups in total. The van der Waals surface area contributed by atoms with Crippen molar-refractivity contribution in [1.29, 1.82) is 0 Å². The minimum Gasteiger partial charge on any atom is -0.355 e. The van der Waals surface area contributed by atoms with Gasteiger partial charge < -0.3 is 20.0 Å². The van der Waals surface area contributed by atoms with Gasteiger partial charge in [0, 0.05) is 57.9 Å². The highest BCUT2D eigenvalue weighted by molar-refractivity contribution is 5.95. The van der Waals surface area contributed by atoms with Crippen LogP contribution in [0.3, 0.4) is 0 Å². The fourth-order valence-electron chi connectivity index (χ4n) is 4.87. The predicted molar refractivity (Wildman–Crippen MR) is 125 cm³/mol. The van der Waals surface area contributed by atoms with E-state index in [-0.39, 0.29) is 17.7 Å². The summed E-state index contributed by atoms with van der Waals surface area (Å²) >= 11 is 0. The van der Waals surface area contributed by atoms with Gasteiger partial charge in [-0.1, -0.05) is 31.0 Å². The zero-order chi connectivity index (χ0) is 22.4. The Kier molecular flexibility index (Phi) is 8.50. The number of piperazine rings is 1. The summed E-state index contributed by atoms with van der Waals surface area (Å²) in [6.45, 7) is 17.1. The summed E-state index contributed by atoms with van der Waals surface area (Å²) in [7, 11) is 0. The Morgan fingerprint density at radius 3 is 2.32 bits per heavy atom. The van der Waals surface area contributed by atoms with Gasteiger partial charge in [0.25, 0.3) is 5.91 Å². The molecule has 2 atom stereocenters. The zero-order valence-corrected chi connectivity index (χ0v) is 19.8. The van der Waals surface area contributed by atoms with Gasteiger partial charge in [0.05, 0.1) is 5.92 Å². The highest BCUT2D eigenvalue weighted by atomic mass is 16.2. The van der Waals surface area contributed by atoms with E-state index in [1.165, 1.54) is 0 Å². The molecule has 2 heterocycles. The van der Waals surface area contributed by atoms with Gasteiger partial charge >= 0.3 is 0 Å². The molecule has 2 aliphatic heterocycles. The summed E-state index contributed by atoms with van der Waals surface area (Å²) in [4.78, 5) is 32.7. The standard InChI is InChI=1S/C25H40N4O2/c1-5-27-9-11-28(12-10-27)17-21(4)16-26-24(30)22-7-6-8-29(18-22)25(31)23-14-19(2)13-20(3)15-23/h13-15,21-22H,5-12,16-18H2,1-4H3,(H,26,30). The Balaban J connectivity index is 1.45. The molecule has 31 heavy (non-hydrogen) atoms. The zero-order valence-electron chi connectivity index (χ0n) is 19.8. The molecule has 2 unspecified atom stereocenters. The average Bonchev–Trinajstić information content (AvgIpc) is 2.77. The van der Waals surface area contributed by atoms with Crippen molar-refractivity contribution in [3.05, 3.63) is 34.9 Å². The van der Waals surface area contributed by atoms with Crippen molar-refractivity contribution >= 4 is 11.8 Å². The first kappa shape index (κ1) is 23.7. The van der Waals surface area contributed by atoms with Gasteiger partial charge in [0.1, 0.15) is 0 Å². The number of nitrogens with one attached hydrogen (secondary N) is 1. The lowest BCUT2D eigenvalue weighted by Gasteiger charge is -2.35. The van der Waals surface area contributed by atoms with Gasteiger partial charge in [0.2, 0.25) is 5.91 Å². The summed E-state index contributed by atoms with van der Waals surface area (Å²) in [6.07, 6.45) is 1.74. The summed E-state index contributed by atoms with van der Waals surface area (Å²) in [5, 5.41) is 3.17. The molecule has 172 valence electrons. The minimum absolute atomic E-state index is 0.0453. The molecule has 0 aromatic heterocycles.